The Morgan fingerprint density at radius 1 is 1.36 bits per heavy atom. The summed E-state index contributed by atoms with van der Waals surface area (Å²) >= 11 is 0. The fourth-order valence-corrected chi connectivity index (χ4v) is 3.32. The van der Waals surface area contributed by atoms with Crippen molar-refractivity contribution >= 4 is 26.1 Å². The van der Waals surface area contributed by atoms with Crippen LogP contribution in [0.4, 0.5) is 5.69 Å². The van der Waals surface area contributed by atoms with E-state index in [1.807, 2.05) is 43.3 Å². The van der Waals surface area contributed by atoms with Gasteiger partial charge < -0.3 is 20.6 Å². The monoisotopic (exact) mass is 399 g/mol. The van der Waals surface area contributed by atoms with Gasteiger partial charge in [-0.2, -0.15) is 0 Å². The molecule has 3 rings (SSSR count). The first-order valence-electron chi connectivity index (χ1n) is 9.27. The van der Waals surface area contributed by atoms with Gasteiger partial charge >= 0.3 is 0 Å². The number of allylic oxidation sites excluding steroid dienone is 1. The minimum Gasteiger partial charge on any atom is -0.491 e. The Balaban J connectivity index is 1.74. The van der Waals surface area contributed by atoms with E-state index >= 15 is 0 Å². The summed E-state index contributed by atoms with van der Waals surface area (Å²) in [6.45, 7) is 7.25. The lowest BCUT2D eigenvalue weighted by Gasteiger charge is -2.19. The predicted octanol–water partition coefficient (Wildman–Crippen LogP) is 2.55. The van der Waals surface area contributed by atoms with Crippen LogP contribution in [0.5, 0.6) is 5.75 Å². The Bertz CT molecular complexity index is 885. The lowest BCUT2D eigenvalue weighted by molar-refractivity contribution is 0.0710. The third-order valence-electron chi connectivity index (χ3n) is 4.63. The number of hydrazine groups is 1. The van der Waals surface area contributed by atoms with Crippen LogP contribution < -0.4 is 20.8 Å². The second-order valence-electron chi connectivity index (χ2n) is 6.58. The van der Waals surface area contributed by atoms with Gasteiger partial charge in [0.15, 0.2) is 0 Å². The summed E-state index contributed by atoms with van der Waals surface area (Å²) < 4.78 is 5.50. The molecule has 0 aliphatic carbocycles. The Morgan fingerprint density at radius 3 is 2.93 bits per heavy atom. The molecule has 0 fully saturated rings. The highest BCUT2D eigenvalue weighted by atomic mass is 31.0. The first kappa shape index (κ1) is 20.2. The summed E-state index contributed by atoms with van der Waals surface area (Å²) in [7, 11) is 2.72. The maximum absolute atomic E-state index is 12.6. The molecule has 1 amide bonds. The molecule has 2 aromatic rings. The van der Waals surface area contributed by atoms with Crippen LogP contribution in [0.3, 0.4) is 0 Å². The van der Waals surface area contributed by atoms with E-state index in [1.165, 1.54) is 0 Å². The molecule has 2 aromatic carbocycles. The summed E-state index contributed by atoms with van der Waals surface area (Å²) in [4.78, 5) is 12.6. The van der Waals surface area contributed by atoms with Crippen molar-refractivity contribution < 1.29 is 14.6 Å². The fraction of sp³-hybridized carbons (Fsp3) is 0.286. The predicted molar refractivity (Wildman–Crippen MR) is 115 cm³/mol. The molecule has 0 spiro atoms. The average Bonchev–Trinajstić information content (AvgIpc) is 3.02. The number of aliphatic hydroxyl groups is 1. The van der Waals surface area contributed by atoms with Gasteiger partial charge in [-0.3, -0.25) is 4.79 Å². The zero-order chi connectivity index (χ0) is 20.1. The fourth-order valence-electron chi connectivity index (χ4n) is 3.04. The van der Waals surface area contributed by atoms with Gasteiger partial charge in [-0.1, -0.05) is 25.6 Å². The summed E-state index contributed by atoms with van der Waals surface area (Å²) in [5, 5.41) is 15.0. The van der Waals surface area contributed by atoms with Gasteiger partial charge in [-0.15, -0.1) is 9.24 Å². The van der Waals surface area contributed by atoms with Gasteiger partial charge in [0.1, 0.15) is 12.4 Å². The Hall–Kier alpha value is -2.56. The van der Waals surface area contributed by atoms with E-state index in [2.05, 4.69) is 26.6 Å². The Kier molecular flexibility index (Phi) is 6.55. The minimum atomic E-state index is -0.0422. The van der Waals surface area contributed by atoms with Crippen molar-refractivity contribution in [1.82, 2.24) is 10.4 Å². The van der Waals surface area contributed by atoms with Gasteiger partial charge in [0.2, 0.25) is 0 Å². The van der Waals surface area contributed by atoms with E-state index in [-0.39, 0.29) is 19.1 Å². The van der Waals surface area contributed by atoms with E-state index in [1.54, 1.807) is 5.01 Å². The summed E-state index contributed by atoms with van der Waals surface area (Å²) in [5.41, 5.74) is 7.57. The number of nitrogens with one attached hydrogen (secondary N) is 2. The number of ether oxygens (including phenoxy) is 1. The Labute approximate surface area is 167 Å². The van der Waals surface area contributed by atoms with E-state index in [0.29, 0.717) is 18.7 Å². The van der Waals surface area contributed by atoms with Crippen molar-refractivity contribution in [3.63, 3.8) is 0 Å². The summed E-state index contributed by atoms with van der Waals surface area (Å²) in [6, 6.07) is 11.5. The molecule has 0 bridgehead atoms. The molecular formula is C21H26N3O3P. The van der Waals surface area contributed by atoms with E-state index in [9.17, 15) is 4.79 Å². The first-order chi connectivity index (χ1) is 13.5. The van der Waals surface area contributed by atoms with Crippen molar-refractivity contribution in [3.8, 4) is 5.75 Å². The third-order valence-corrected chi connectivity index (χ3v) is 5.19. The van der Waals surface area contributed by atoms with Crippen LogP contribution in [-0.2, 0) is 13.1 Å². The molecule has 1 heterocycles. The molecule has 1 atom stereocenters. The van der Waals surface area contributed by atoms with Crippen LogP contribution in [0, 0.1) is 0 Å². The zero-order valence-corrected chi connectivity index (χ0v) is 17.1. The molecule has 0 saturated heterocycles. The highest BCUT2D eigenvalue weighted by Crippen LogP contribution is 2.29. The Morgan fingerprint density at radius 2 is 2.18 bits per heavy atom. The van der Waals surface area contributed by atoms with Crippen molar-refractivity contribution in [2.45, 2.75) is 26.4 Å². The van der Waals surface area contributed by atoms with Gasteiger partial charge in [-0.05, 0) is 41.6 Å². The lowest BCUT2D eigenvalue weighted by atomic mass is 10.1. The highest BCUT2D eigenvalue weighted by molar-refractivity contribution is 7.27. The topological polar surface area (TPSA) is 73.8 Å². The largest absolute Gasteiger partial charge is 0.491 e. The van der Waals surface area contributed by atoms with Crippen LogP contribution >= 0.6 is 9.24 Å². The van der Waals surface area contributed by atoms with E-state index in [0.717, 1.165) is 40.0 Å². The number of anilines is 1. The second-order valence-corrected chi connectivity index (χ2v) is 7.20. The maximum atomic E-state index is 12.6. The number of rotatable bonds is 9. The number of amides is 1. The molecule has 7 heteroatoms. The van der Waals surface area contributed by atoms with Gasteiger partial charge in [-0.25, -0.2) is 5.01 Å². The molecule has 1 unspecified atom stereocenters. The highest BCUT2D eigenvalue weighted by Gasteiger charge is 2.29. The number of aliphatic hydroxyl groups excluding tert-OH is 1. The van der Waals surface area contributed by atoms with Crippen molar-refractivity contribution in [2.24, 2.45) is 0 Å². The van der Waals surface area contributed by atoms with Gasteiger partial charge in [0.25, 0.3) is 5.91 Å². The van der Waals surface area contributed by atoms with Crippen molar-refractivity contribution in [2.75, 3.05) is 18.5 Å². The molecule has 6 nitrogen and oxygen atoms in total. The number of benzene rings is 2. The first-order valence-corrected chi connectivity index (χ1v) is 9.85. The molecule has 28 heavy (non-hydrogen) atoms. The number of hydrogen-bond donors (Lipinski definition) is 3. The van der Waals surface area contributed by atoms with Crippen LogP contribution in [0.2, 0.25) is 0 Å². The SMILES string of the molecule is C=C(CC)NN1Cc2c(NCc3cc(OCCO)ccc3P)cccc2C1=O. The van der Waals surface area contributed by atoms with Crippen molar-refractivity contribution in [3.05, 3.63) is 65.4 Å². The quantitative estimate of drug-likeness (QED) is 0.565. The number of carbonyl (C=O) groups excluding carboxylic acids is 1. The molecular weight excluding hydrogens is 373 g/mol. The standard InChI is InChI=1S/C21H26N3O3P/c1-3-14(2)23-24-13-18-17(21(24)26)5-4-6-19(18)22-12-15-11-16(27-10-9-25)7-8-20(15)28/h4-8,11,22-23,25H,2-3,9-10,12-13,28H2,1H3. The summed E-state index contributed by atoms with van der Waals surface area (Å²) in [5.74, 6) is 0.679. The molecule has 148 valence electrons. The molecule has 0 radical (unpaired) electrons. The average molecular weight is 399 g/mol. The van der Waals surface area contributed by atoms with Gasteiger partial charge in [0, 0.05) is 29.1 Å². The lowest BCUT2D eigenvalue weighted by Crippen LogP contribution is -2.37. The molecule has 1 aliphatic rings. The normalized spacial score (nSPS) is 12.7. The molecule has 0 saturated carbocycles. The van der Waals surface area contributed by atoms with Crippen LogP contribution in [0.25, 0.3) is 0 Å². The smallest absolute Gasteiger partial charge is 0.272 e. The second kappa shape index (κ2) is 9.09. The summed E-state index contributed by atoms with van der Waals surface area (Å²) in [6.07, 6.45) is 0.761. The third kappa shape index (κ3) is 4.46. The number of carbonyl (C=O) groups is 1. The van der Waals surface area contributed by atoms with E-state index in [4.69, 9.17) is 9.84 Å². The number of hydrogen-bond acceptors (Lipinski definition) is 5. The van der Waals surface area contributed by atoms with Gasteiger partial charge in [0.05, 0.1) is 13.2 Å². The molecule has 0 aromatic heterocycles. The van der Waals surface area contributed by atoms with E-state index < -0.39 is 0 Å². The number of fused-ring (bicyclic) bond motifs is 1. The van der Waals surface area contributed by atoms with Crippen LogP contribution in [-0.4, -0.2) is 29.2 Å². The van der Waals surface area contributed by atoms with Crippen molar-refractivity contribution in [1.29, 1.82) is 0 Å². The zero-order valence-electron chi connectivity index (χ0n) is 16.0. The molecule has 3 N–H and O–H groups in total. The number of nitrogens with zero attached hydrogens (tertiary/aromatic N) is 1. The maximum Gasteiger partial charge on any atom is 0.272 e. The minimum absolute atomic E-state index is 0.0185. The molecule has 1 aliphatic heterocycles. The van der Waals surface area contributed by atoms with Crippen LogP contribution in [0.15, 0.2) is 48.7 Å². The van der Waals surface area contributed by atoms with Crippen LogP contribution in [0.1, 0.15) is 34.8 Å².